The predicted octanol–water partition coefficient (Wildman–Crippen LogP) is 3.56. The number of rotatable bonds is 5. The number of aryl methyl sites for hydroxylation is 2. The summed E-state index contributed by atoms with van der Waals surface area (Å²) in [6.45, 7) is 2.76. The molecule has 5 rings (SSSR count). The maximum Gasteiger partial charge on any atom is 0.336 e. The van der Waals surface area contributed by atoms with Gasteiger partial charge in [0.1, 0.15) is 5.82 Å². The Kier molecular flexibility index (Phi) is 4.27. The summed E-state index contributed by atoms with van der Waals surface area (Å²) in [5.74, 6) is -5.62. The average molecular weight is 426 g/mol. The van der Waals surface area contributed by atoms with Gasteiger partial charge in [-0.1, -0.05) is 6.92 Å². The number of hydrogen-bond acceptors (Lipinski definition) is 5. The van der Waals surface area contributed by atoms with E-state index in [4.69, 9.17) is 0 Å². The highest BCUT2D eigenvalue weighted by Gasteiger charge is 2.42. The third-order valence-electron chi connectivity index (χ3n) is 4.97. The van der Waals surface area contributed by atoms with E-state index in [0.29, 0.717) is 16.6 Å². The highest BCUT2D eigenvalue weighted by Crippen LogP contribution is 2.37. The van der Waals surface area contributed by atoms with Crippen molar-refractivity contribution in [3.05, 3.63) is 60.1 Å². The molecule has 0 aliphatic carbocycles. The molecule has 158 valence electrons. The molecule has 0 N–H and O–H groups in total. The summed E-state index contributed by atoms with van der Waals surface area (Å²) < 4.78 is 49.6. The monoisotopic (exact) mass is 426 g/mol. The Bertz CT molecular complexity index is 1410. The van der Waals surface area contributed by atoms with Crippen molar-refractivity contribution in [2.45, 2.75) is 25.8 Å². The third-order valence-corrected chi connectivity index (χ3v) is 4.97. The number of benzene rings is 1. The summed E-state index contributed by atoms with van der Waals surface area (Å²) in [6, 6.07) is 5.26. The molecule has 0 bridgehead atoms. The molecule has 4 heterocycles. The molecular formula is C20H17F3N8. The molecule has 0 unspecified atom stereocenters. The van der Waals surface area contributed by atoms with Crippen LogP contribution in [0, 0.1) is 5.82 Å². The number of halogens is 3. The van der Waals surface area contributed by atoms with Gasteiger partial charge in [0, 0.05) is 43.0 Å². The lowest BCUT2D eigenvalue weighted by molar-refractivity contribution is 0.0270. The number of nitrogens with zero attached hydrogens (tertiary/aromatic N) is 8. The fourth-order valence-electron chi connectivity index (χ4n) is 3.52. The average Bonchev–Trinajstić information content (AvgIpc) is 3.44. The fraction of sp³-hybridized carbons (Fsp3) is 0.250. The molecule has 0 fully saturated rings. The van der Waals surface area contributed by atoms with Crippen molar-refractivity contribution >= 4 is 16.6 Å². The number of hydrogen-bond donors (Lipinski definition) is 0. The number of fused-ring (bicyclic) bond motifs is 2. The van der Waals surface area contributed by atoms with E-state index in [2.05, 4.69) is 25.5 Å². The SMILES string of the molecule is CCCn1cc(-c2ccc3nnc(C(F)(F)c4cc5cn(C)nc5cc4F)n3n2)cn1. The van der Waals surface area contributed by atoms with Crippen LogP contribution in [0.25, 0.3) is 27.8 Å². The van der Waals surface area contributed by atoms with Crippen LogP contribution in [-0.4, -0.2) is 39.4 Å². The summed E-state index contributed by atoms with van der Waals surface area (Å²) in [6.07, 6.45) is 5.85. The van der Waals surface area contributed by atoms with Crippen molar-refractivity contribution in [1.29, 1.82) is 0 Å². The van der Waals surface area contributed by atoms with E-state index in [9.17, 15) is 4.39 Å². The minimum absolute atomic E-state index is 0.127. The Morgan fingerprint density at radius 3 is 2.71 bits per heavy atom. The molecule has 0 radical (unpaired) electrons. The van der Waals surface area contributed by atoms with E-state index >= 15 is 8.78 Å². The van der Waals surface area contributed by atoms with Crippen LogP contribution >= 0.6 is 0 Å². The molecule has 0 amide bonds. The van der Waals surface area contributed by atoms with Gasteiger partial charge in [0.25, 0.3) is 0 Å². The van der Waals surface area contributed by atoms with E-state index < -0.39 is 23.1 Å². The Balaban J connectivity index is 1.62. The molecule has 0 aliphatic rings. The summed E-state index contributed by atoms with van der Waals surface area (Å²) in [5.41, 5.74) is 0.693. The Hall–Kier alpha value is -3.76. The van der Waals surface area contributed by atoms with Crippen LogP contribution in [0.4, 0.5) is 13.2 Å². The molecule has 5 aromatic rings. The van der Waals surface area contributed by atoms with Gasteiger partial charge in [-0.2, -0.15) is 28.6 Å². The minimum atomic E-state index is -3.77. The Labute approximate surface area is 173 Å². The Morgan fingerprint density at radius 2 is 1.90 bits per heavy atom. The molecule has 0 aliphatic heterocycles. The third kappa shape index (κ3) is 3.13. The van der Waals surface area contributed by atoms with Gasteiger partial charge >= 0.3 is 5.92 Å². The number of aromatic nitrogens is 8. The standard InChI is InChI=1S/C20H17F3N8/c1-3-6-30-11-13(9-24-30)16-4-5-18-25-26-19(31(18)28-16)20(22,23)14-7-12-10-29(2)27-17(12)8-15(14)21/h4-5,7-11H,3,6H2,1-2H3. The van der Waals surface area contributed by atoms with E-state index in [1.54, 1.807) is 36.4 Å². The summed E-state index contributed by atoms with van der Waals surface area (Å²) in [5, 5.41) is 20.4. The normalized spacial score (nSPS) is 12.3. The van der Waals surface area contributed by atoms with Crippen LogP contribution in [0.3, 0.4) is 0 Å². The van der Waals surface area contributed by atoms with Crippen LogP contribution in [-0.2, 0) is 19.5 Å². The first-order chi connectivity index (χ1) is 14.9. The van der Waals surface area contributed by atoms with E-state index in [1.165, 1.54) is 10.7 Å². The van der Waals surface area contributed by atoms with E-state index in [-0.39, 0.29) is 11.2 Å². The first-order valence-corrected chi connectivity index (χ1v) is 9.64. The van der Waals surface area contributed by atoms with Gasteiger partial charge in [0.15, 0.2) is 5.65 Å². The van der Waals surface area contributed by atoms with Gasteiger partial charge in [0.2, 0.25) is 5.82 Å². The lowest BCUT2D eigenvalue weighted by Gasteiger charge is -2.15. The molecule has 0 spiro atoms. The van der Waals surface area contributed by atoms with Crippen LogP contribution in [0.2, 0.25) is 0 Å². The first-order valence-electron chi connectivity index (χ1n) is 9.64. The lowest BCUT2D eigenvalue weighted by atomic mass is 10.0. The van der Waals surface area contributed by atoms with Crippen molar-refractivity contribution in [2.75, 3.05) is 0 Å². The van der Waals surface area contributed by atoms with Crippen molar-refractivity contribution in [2.24, 2.45) is 7.05 Å². The summed E-state index contributed by atoms with van der Waals surface area (Å²) >= 11 is 0. The molecule has 0 saturated heterocycles. The first kappa shape index (κ1) is 19.2. The molecule has 0 saturated carbocycles. The fourth-order valence-corrected chi connectivity index (χ4v) is 3.52. The van der Waals surface area contributed by atoms with E-state index in [0.717, 1.165) is 29.6 Å². The molecular weight excluding hydrogens is 409 g/mol. The van der Waals surface area contributed by atoms with Gasteiger partial charge in [-0.05, 0) is 24.6 Å². The lowest BCUT2D eigenvalue weighted by Crippen LogP contribution is -2.22. The van der Waals surface area contributed by atoms with Crippen LogP contribution in [0.15, 0.2) is 42.9 Å². The van der Waals surface area contributed by atoms with Gasteiger partial charge in [-0.3, -0.25) is 9.36 Å². The maximum atomic E-state index is 15.4. The zero-order chi connectivity index (χ0) is 21.8. The smallest absolute Gasteiger partial charge is 0.275 e. The molecule has 8 nitrogen and oxygen atoms in total. The second-order valence-electron chi connectivity index (χ2n) is 7.27. The Morgan fingerprint density at radius 1 is 1.06 bits per heavy atom. The topological polar surface area (TPSA) is 78.7 Å². The van der Waals surface area contributed by atoms with Crippen LogP contribution < -0.4 is 0 Å². The van der Waals surface area contributed by atoms with Crippen LogP contribution in [0.5, 0.6) is 0 Å². The highest BCUT2D eigenvalue weighted by atomic mass is 19.3. The van der Waals surface area contributed by atoms with Crippen molar-refractivity contribution in [1.82, 2.24) is 39.4 Å². The molecule has 1 aromatic carbocycles. The largest absolute Gasteiger partial charge is 0.336 e. The predicted molar refractivity (Wildman–Crippen MR) is 106 cm³/mol. The zero-order valence-corrected chi connectivity index (χ0v) is 16.7. The summed E-state index contributed by atoms with van der Waals surface area (Å²) in [7, 11) is 1.63. The van der Waals surface area contributed by atoms with Crippen molar-refractivity contribution in [3.63, 3.8) is 0 Å². The van der Waals surface area contributed by atoms with Crippen LogP contribution in [0.1, 0.15) is 24.7 Å². The second-order valence-corrected chi connectivity index (χ2v) is 7.27. The van der Waals surface area contributed by atoms with Gasteiger partial charge in [0.05, 0.1) is 23.0 Å². The highest BCUT2D eigenvalue weighted by molar-refractivity contribution is 5.79. The number of alkyl halides is 2. The van der Waals surface area contributed by atoms with Gasteiger partial charge in [-0.15, -0.1) is 10.2 Å². The summed E-state index contributed by atoms with van der Waals surface area (Å²) in [4.78, 5) is 0. The minimum Gasteiger partial charge on any atom is -0.275 e. The van der Waals surface area contributed by atoms with E-state index in [1.807, 2.05) is 6.92 Å². The molecule has 4 aromatic heterocycles. The molecule has 0 atom stereocenters. The maximum absolute atomic E-state index is 15.4. The molecule has 31 heavy (non-hydrogen) atoms. The second kappa shape index (κ2) is 6.89. The zero-order valence-electron chi connectivity index (χ0n) is 16.7. The van der Waals surface area contributed by atoms with Crippen molar-refractivity contribution in [3.8, 4) is 11.3 Å². The van der Waals surface area contributed by atoms with Crippen molar-refractivity contribution < 1.29 is 13.2 Å². The van der Waals surface area contributed by atoms with Gasteiger partial charge in [-0.25, -0.2) is 4.39 Å². The molecule has 11 heteroatoms. The quantitative estimate of drug-likeness (QED) is 0.429. The van der Waals surface area contributed by atoms with Gasteiger partial charge < -0.3 is 0 Å².